The average Bonchev–Trinajstić information content (AvgIpc) is 2.11. The Kier molecular flexibility index (Phi) is 2.26. The van der Waals surface area contributed by atoms with Crippen LogP contribution in [0.2, 0.25) is 0 Å². The average molecular weight is 179 g/mol. The number of hydrogen-bond donors (Lipinski definition) is 3. The highest BCUT2D eigenvalue weighted by Gasteiger charge is 2.02. The zero-order valence-corrected chi connectivity index (χ0v) is 6.34. The quantitative estimate of drug-likeness (QED) is 0.228. The molecule has 3 N–H and O–H groups in total. The minimum atomic E-state index is -0.419. The summed E-state index contributed by atoms with van der Waals surface area (Å²) in [6.45, 7) is 0. The van der Waals surface area contributed by atoms with E-state index in [1.54, 1.807) is 6.07 Å². The lowest BCUT2D eigenvalue weighted by atomic mass is 10.4. The van der Waals surface area contributed by atoms with Crippen molar-refractivity contribution >= 4 is 6.21 Å². The van der Waals surface area contributed by atoms with Gasteiger partial charge in [-0.15, -0.1) is 0 Å². The van der Waals surface area contributed by atoms with Gasteiger partial charge in [0.1, 0.15) is 11.8 Å². The van der Waals surface area contributed by atoms with Gasteiger partial charge in [0, 0.05) is 0 Å². The Labute approximate surface area is 72.3 Å². The van der Waals surface area contributed by atoms with E-state index in [9.17, 15) is 0 Å². The second kappa shape index (κ2) is 3.36. The number of nitriles is 1. The summed E-state index contributed by atoms with van der Waals surface area (Å²) in [5, 5.41) is 35.5. The lowest BCUT2D eigenvalue weighted by Gasteiger charge is -1.98. The number of nitrogens with one attached hydrogen (secondary N) is 1. The molecular formula is C6H5N5O2. The van der Waals surface area contributed by atoms with Gasteiger partial charge in [-0.25, -0.2) is 4.98 Å². The minimum absolute atomic E-state index is 0.0811. The van der Waals surface area contributed by atoms with Crippen LogP contribution in [-0.2, 0) is 0 Å². The normalized spacial score (nSPS) is 10.1. The van der Waals surface area contributed by atoms with E-state index in [0.29, 0.717) is 4.73 Å². The van der Waals surface area contributed by atoms with E-state index in [-0.39, 0.29) is 11.4 Å². The van der Waals surface area contributed by atoms with Gasteiger partial charge in [0.2, 0.25) is 0 Å². The van der Waals surface area contributed by atoms with Crippen LogP contribution in [0.4, 0.5) is 0 Å². The molecule has 1 heterocycles. The van der Waals surface area contributed by atoms with E-state index >= 15 is 0 Å². The SMILES string of the molecule is N#Cc1nc(/C=N/O)cn(O)c1=N. The number of aromatic nitrogens is 2. The summed E-state index contributed by atoms with van der Waals surface area (Å²) in [5.41, 5.74) is -0.588. The number of oxime groups is 1. The van der Waals surface area contributed by atoms with Crippen LogP contribution in [0.5, 0.6) is 0 Å². The lowest BCUT2D eigenvalue weighted by Crippen LogP contribution is -2.23. The highest BCUT2D eigenvalue weighted by atomic mass is 16.5. The first-order chi connectivity index (χ1) is 6.19. The van der Waals surface area contributed by atoms with Gasteiger partial charge in [0.15, 0.2) is 11.2 Å². The number of rotatable bonds is 1. The number of hydrogen-bond acceptors (Lipinski definition) is 6. The van der Waals surface area contributed by atoms with E-state index < -0.39 is 5.49 Å². The van der Waals surface area contributed by atoms with E-state index in [0.717, 1.165) is 12.4 Å². The third kappa shape index (κ3) is 1.62. The molecule has 66 valence electrons. The fourth-order valence-electron chi connectivity index (χ4n) is 0.709. The van der Waals surface area contributed by atoms with Crippen molar-refractivity contribution in [3.63, 3.8) is 0 Å². The third-order valence-electron chi connectivity index (χ3n) is 1.24. The Hall–Kier alpha value is -2.36. The molecule has 0 aliphatic rings. The van der Waals surface area contributed by atoms with Crippen LogP contribution in [-0.4, -0.2) is 26.3 Å². The molecule has 7 nitrogen and oxygen atoms in total. The molecule has 1 aromatic rings. The van der Waals surface area contributed by atoms with Gasteiger partial charge in [-0.05, 0) is 0 Å². The molecule has 0 bridgehead atoms. The molecule has 0 fully saturated rings. The van der Waals surface area contributed by atoms with Gasteiger partial charge in [0.25, 0.3) is 0 Å². The summed E-state index contributed by atoms with van der Waals surface area (Å²) < 4.78 is 0.419. The Morgan fingerprint density at radius 3 is 3.00 bits per heavy atom. The van der Waals surface area contributed by atoms with Gasteiger partial charge in [-0.2, -0.15) is 9.99 Å². The summed E-state index contributed by atoms with van der Waals surface area (Å²) in [6.07, 6.45) is 1.98. The Bertz CT molecular complexity index is 441. The maximum atomic E-state index is 9.03. The van der Waals surface area contributed by atoms with Gasteiger partial charge < -0.3 is 10.4 Å². The summed E-state index contributed by atoms with van der Waals surface area (Å²) in [7, 11) is 0. The van der Waals surface area contributed by atoms with Crippen LogP contribution in [0.15, 0.2) is 11.4 Å². The Balaban J connectivity index is 3.41. The van der Waals surface area contributed by atoms with E-state index in [1.807, 2.05) is 0 Å². The molecule has 0 aliphatic heterocycles. The van der Waals surface area contributed by atoms with Crippen molar-refractivity contribution in [1.82, 2.24) is 9.71 Å². The highest BCUT2D eigenvalue weighted by molar-refractivity contribution is 5.75. The molecule has 0 unspecified atom stereocenters. The molecule has 0 saturated heterocycles. The predicted molar refractivity (Wildman–Crippen MR) is 39.4 cm³/mol. The standard InChI is InChI=1S/C6H5N5O2/c7-1-5-6(8)11(13)3-4(10-5)2-9-12/h2-3,8,12-13H/b8-6?,9-2+. The van der Waals surface area contributed by atoms with E-state index in [2.05, 4.69) is 10.1 Å². The zero-order valence-electron chi connectivity index (χ0n) is 6.34. The van der Waals surface area contributed by atoms with Gasteiger partial charge >= 0.3 is 0 Å². The summed E-state index contributed by atoms with van der Waals surface area (Å²) >= 11 is 0. The van der Waals surface area contributed by atoms with Crippen molar-refractivity contribution in [2.45, 2.75) is 0 Å². The van der Waals surface area contributed by atoms with Crippen molar-refractivity contribution in [2.24, 2.45) is 5.16 Å². The largest absolute Gasteiger partial charge is 0.427 e. The molecule has 0 atom stereocenters. The molecule has 0 saturated carbocycles. The topological polar surface area (TPSA) is 118 Å². The summed E-state index contributed by atoms with van der Waals surface area (Å²) in [4.78, 5) is 3.60. The predicted octanol–water partition coefficient (Wildman–Crippen LogP) is -0.720. The summed E-state index contributed by atoms with van der Waals surface area (Å²) in [6, 6.07) is 1.61. The fourth-order valence-corrected chi connectivity index (χ4v) is 0.709. The second-order valence-electron chi connectivity index (χ2n) is 2.06. The molecule has 0 radical (unpaired) electrons. The molecule has 0 aromatic carbocycles. The Morgan fingerprint density at radius 1 is 1.77 bits per heavy atom. The summed E-state index contributed by atoms with van der Waals surface area (Å²) in [5.74, 6) is 0. The molecule has 1 rings (SSSR count). The van der Waals surface area contributed by atoms with Crippen LogP contribution >= 0.6 is 0 Å². The van der Waals surface area contributed by atoms with Crippen LogP contribution in [0.3, 0.4) is 0 Å². The fraction of sp³-hybridized carbons (Fsp3) is 0. The number of nitrogens with zero attached hydrogens (tertiary/aromatic N) is 4. The van der Waals surface area contributed by atoms with Crippen LogP contribution < -0.4 is 5.49 Å². The molecule has 7 heteroatoms. The van der Waals surface area contributed by atoms with Gasteiger partial charge in [-0.1, -0.05) is 5.16 Å². The van der Waals surface area contributed by atoms with Gasteiger partial charge in [-0.3, -0.25) is 5.41 Å². The van der Waals surface area contributed by atoms with Crippen LogP contribution in [0.25, 0.3) is 0 Å². The first kappa shape index (κ1) is 8.73. The smallest absolute Gasteiger partial charge is 0.197 e. The minimum Gasteiger partial charge on any atom is -0.427 e. The van der Waals surface area contributed by atoms with Crippen molar-refractivity contribution in [3.05, 3.63) is 23.1 Å². The van der Waals surface area contributed by atoms with Crippen LogP contribution in [0, 0.1) is 16.7 Å². The van der Waals surface area contributed by atoms with Crippen molar-refractivity contribution in [1.29, 1.82) is 10.7 Å². The van der Waals surface area contributed by atoms with Crippen molar-refractivity contribution in [2.75, 3.05) is 0 Å². The molecule has 0 amide bonds. The first-order valence-corrected chi connectivity index (χ1v) is 3.14. The molecule has 1 aromatic heterocycles. The van der Waals surface area contributed by atoms with E-state index in [1.165, 1.54) is 0 Å². The van der Waals surface area contributed by atoms with E-state index in [4.69, 9.17) is 21.1 Å². The maximum absolute atomic E-state index is 9.03. The second-order valence-corrected chi connectivity index (χ2v) is 2.06. The third-order valence-corrected chi connectivity index (χ3v) is 1.24. The molecular weight excluding hydrogens is 174 g/mol. The van der Waals surface area contributed by atoms with Crippen molar-refractivity contribution in [3.8, 4) is 6.07 Å². The van der Waals surface area contributed by atoms with Crippen LogP contribution in [0.1, 0.15) is 11.4 Å². The molecule has 0 spiro atoms. The first-order valence-electron chi connectivity index (χ1n) is 3.14. The van der Waals surface area contributed by atoms with Crippen molar-refractivity contribution < 1.29 is 10.4 Å². The zero-order chi connectivity index (χ0) is 9.84. The van der Waals surface area contributed by atoms with Gasteiger partial charge in [0.05, 0.1) is 12.4 Å². The molecule has 0 aliphatic carbocycles. The lowest BCUT2D eigenvalue weighted by molar-refractivity contribution is 0.168. The molecule has 13 heavy (non-hydrogen) atoms. The highest BCUT2D eigenvalue weighted by Crippen LogP contribution is 1.88. The maximum Gasteiger partial charge on any atom is 0.197 e. The monoisotopic (exact) mass is 179 g/mol. The Morgan fingerprint density at radius 2 is 2.46 bits per heavy atom.